The molecule has 0 saturated heterocycles. The molecule has 4 heteroatoms. The number of carboxylic acids is 1. The molecular weight excluding hydrogens is 122 g/mol. The minimum atomic E-state index is -1.08. The second kappa shape index (κ2) is 1.89. The molecule has 1 aliphatic rings. The smallest absolute Gasteiger partial charge is 0.352 e. The third kappa shape index (κ3) is 1.07. The lowest BCUT2D eigenvalue weighted by Crippen LogP contribution is -2.20. The van der Waals surface area contributed by atoms with E-state index in [2.05, 4.69) is 5.32 Å². The predicted molar refractivity (Wildman–Crippen MR) is 28.5 cm³/mol. The van der Waals surface area contributed by atoms with Gasteiger partial charge in [0.05, 0.1) is 0 Å². The van der Waals surface area contributed by atoms with Gasteiger partial charge in [0.15, 0.2) is 0 Å². The highest BCUT2D eigenvalue weighted by molar-refractivity contribution is 5.96. The molecule has 2 N–H and O–H groups in total. The molecule has 0 bridgehead atoms. The van der Waals surface area contributed by atoms with Gasteiger partial charge in [0.25, 0.3) is 0 Å². The van der Waals surface area contributed by atoms with Gasteiger partial charge in [-0.25, -0.2) is 4.79 Å². The zero-order valence-electron chi connectivity index (χ0n) is 4.55. The molecule has 0 aromatic carbocycles. The lowest BCUT2D eigenvalue weighted by Gasteiger charge is -1.91. The average Bonchev–Trinajstić information content (AvgIpc) is 2.14. The van der Waals surface area contributed by atoms with Crippen molar-refractivity contribution < 1.29 is 14.7 Å². The third-order valence-corrected chi connectivity index (χ3v) is 0.996. The lowest BCUT2D eigenvalue weighted by molar-refractivity contribution is -0.134. The second-order valence-corrected chi connectivity index (χ2v) is 1.68. The summed E-state index contributed by atoms with van der Waals surface area (Å²) in [4.78, 5) is 20.4. The van der Waals surface area contributed by atoms with Crippen molar-refractivity contribution in [1.82, 2.24) is 5.32 Å². The molecule has 0 aliphatic carbocycles. The minimum Gasteiger partial charge on any atom is -0.477 e. The zero-order valence-corrected chi connectivity index (χ0v) is 4.55. The molecule has 0 aromatic heterocycles. The van der Waals surface area contributed by atoms with Crippen molar-refractivity contribution in [2.75, 3.05) is 0 Å². The first-order chi connectivity index (χ1) is 4.20. The summed E-state index contributed by atoms with van der Waals surface area (Å²) in [7, 11) is 0. The largest absolute Gasteiger partial charge is 0.477 e. The molecule has 0 radical (unpaired) electrons. The molecule has 0 unspecified atom stereocenters. The summed E-state index contributed by atoms with van der Waals surface area (Å²) in [6.07, 6.45) is 1.53. The Bertz CT molecular complexity index is 194. The summed E-state index contributed by atoms with van der Waals surface area (Å²) >= 11 is 0. The van der Waals surface area contributed by atoms with Crippen LogP contribution in [0.15, 0.2) is 11.8 Å². The molecule has 48 valence electrons. The van der Waals surface area contributed by atoms with Gasteiger partial charge in [-0.15, -0.1) is 0 Å². The molecule has 1 amide bonds. The Labute approximate surface area is 51.2 Å². The van der Waals surface area contributed by atoms with Crippen LogP contribution in [0.4, 0.5) is 0 Å². The van der Waals surface area contributed by atoms with Gasteiger partial charge in [-0.3, -0.25) is 4.79 Å². The molecule has 0 fully saturated rings. The number of hydrogen-bond acceptors (Lipinski definition) is 2. The van der Waals surface area contributed by atoms with Gasteiger partial charge >= 0.3 is 5.97 Å². The highest BCUT2D eigenvalue weighted by atomic mass is 16.4. The fraction of sp³-hybridized carbons (Fsp3) is 0.200. The van der Waals surface area contributed by atoms with Crippen LogP contribution in [0.5, 0.6) is 0 Å². The topological polar surface area (TPSA) is 66.4 Å². The van der Waals surface area contributed by atoms with Gasteiger partial charge in [-0.05, 0) is 6.08 Å². The number of hydrogen-bond donors (Lipinski definition) is 2. The summed E-state index contributed by atoms with van der Waals surface area (Å²) < 4.78 is 0. The molecule has 0 aromatic rings. The number of rotatable bonds is 1. The normalized spacial score (nSPS) is 16.9. The van der Waals surface area contributed by atoms with Crippen LogP contribution in [0.3, 0.4) is 0 Å². The Morgan fingerprint density at radius 2 is 2.44 bits per heavy atom. The fourth-order valence-corrected chi connectivity index (χ4v) is 0.588. The quantitative estimate of drug-likeness (QED) is 0.497. The van der Waals surface area contributed by atoms with E-state index in [1.54, 1.807) is 0 Å². The summed E-state index contributed by atoms with van der Waals surface area (Å²) in [5.74, 6) is -1.34. The number of carbonyl (C=O) groups excluding carboxylic acids is 1. The number of carbonyl (C=O) groups is 2. The van der Waals surface area contributed by atoms with E-state index in [1.807, 2.05) is 0 Å². The standard InChI is InChI=1S/C5H5NO3/c7-4-2-1-3(6-4)5(8)9/h1H,2H2,(H,6,7)(H,8,9). The highest BCUT2D eigenvalue weighted by Gasteiger charge is 2.16. The van der Waals surface area contributed by atoms with Crippen molar-refractivity contribution in [3.63, 3.8) is 0 Å². The summed E-state index contributed by atoms with van der Waals surface area (Å²) in [6.45, 7) is 0. The first-order valence-corrected chi connectivity index (χ1v) is 2.43. The lowest BCUT2D eigenvalue weighted by atomic mass is 10.4. The van der Waals surface area contributed by atoms with Gasteiger partial charge in [-0.1, -0.05) is 0 Å². The van der Waals surface area contributed by atoms with Gasteiger partial charge in [0.2, 0.25) is 5.91 Å². The zero-order chi connectivity index (χ0) is 6.85. The van der Waals surface area contributed by atoms with Crippen molar-refractivity contribution in [2.45, 2.75) is 6.42 Å². The molecule has 1 aliphatic heterocycles. The average molecular weight is 127 g/mol. The van der Waals surface area contributed by atoms with E-state index < -0.39 is 5.97 Å². The Morgan fingerprint density at radius 3 is 2.67 bits per heavy atom. The van der Waals surface area contributed by atoms with Gasteiger partial charge in [-0.2, -0.15) is 0 Å². The van der Waals surface area contributed by atoms with E-state index in [9.17, 15) is 9.59 Å². The van der Waals surface area contributed by atoms with Crippen LogP contribution in [-0.2, 0) is 9.59 Å². The summed E-state index contributed by atoms with van der Waals surface area (Å²) in [5.41, 5.74) is -0.0139. The third-order valence-electron chi connectivity index (χ3n) is 0.996. The predicted octanol–water partition coefficient (Wildman–Crippen LogP) is -0.525. The Morgan fingerprint density at radius 1 is 1.78 bits per heavy atom. The molecule has 1 rings (SSSR count). The van der Waals surface area contributed by atoms with Crippen LogP contribution < -0.4 is 5.32 Å². The molecule has 0 spiro atoms. The van der Waals surface area contributed by atoms with Crippen molar-refractivity contribution in [2.24, 2.45) is 0 Å². The molecule has 0 atom stereocenters. The van der Waals surface area contributed by atoms with Gasteiger partial charge < -0.3 is 10.4 Å². The van der Waals surface area contributed by atoms with E-state index in [1.165, 1.54) is 6.08 Å². The van der Waals surface area contributed by atoms with E-state index in [0.29, 0.717) is 0 Å². The monoisotopic (exact) mass is 127 g/mol. The Hall–Kier alpha value is -1.32. The molecule has 9 heavy (non-hydrogen) atoms. The van der Waals surface area contributed by atoms with Crippen LogP contribution in [0.1, 0.15) is 6.42 Å². The molecule has 0 saturated carbocycles. The Balaban J connectivity index is 2.65. The maximum Gasteiger partial charge on any atom is 0.352 e. The van der Waals surface area contributed by atoms with E-state index in [0.717, 1.165) is 0 Å². The number of amides is 1. The summed E-state index contributed by atoms with van der Waals surface area (Å²) in [5, 5.41) is 10.4. The van der Waals surface area contributed by atoms with Crippen LogP contribution in [0.25, 0.3) is 0 Å². The van der Waals surface area contributed by atoms with Crippen molar-refractivity contribution in [3.05, 3.63) is 11.8 Å². The van der Waals surface area contributed by atoms with Crippen LogP contribution >= 0.6 is 0 Å². The van der Waals surface area contributed by atoms with E-state index in [4.69, 9.17) is 5.11 Å². The van der Waals surface area contributed by atoms with Crippen molar-refractivity contribution in [1.29, 1.82) is 0 Å². The Kier molecular flexibility index (Phi) is 1.22. The first kappa shape index (κ1) is 5.81. The van der Waals surface area contributed by atoms with Crippen molar-refractivity contribution >= 4 is 11.9 Å². The van der Waals surface area contributed by atoms with Gasteiger partial charge in [0.1, 0.15) is 5.70 Å². The minimum absolute atomic E-state index is 0.0139. The van der Waals surface area contributed by atoms with E-state index in [-0.39, 0.29) is 18.0 Å². The maximum atomic E-state index is 10.3. The highest BCUT2D eigenvalue weighted by Crippen LogP contribution is 2.01. The van der Waals surface area contributed by atoms with Gasteiger partial charge in [0, 0.05) is 6.42 Å². The molecular formula is C5H5NO3. The first-order valence-electron chi connectivity index (χ1n) is 2.43. The molecule has 1 heterocycles. The van der Waals surface area contributed by atoms with Crippen LogP contribution in [-0.4, -0.2) is 17.0 Å². The fourth-order valence-electron chi connectivity index (χ4n) is 0.588. The number of carboxylic acid groups (broad SMARTS) is 1. The molecule has 4 nitrogen and oxygen atoms in total. The summed E-state index contributed by atoms with van der Waals surface area (Å²) in [6, 6.07) is 0. The maximum absolute atomic E-state index is 10.3. The van der Waals surface area contributed by atoms with E-state index >= 15 is 0 Å². The van der Waals surface area contributed by atoms with Crippen LogP contribution in [0, 0.1) is 0 Å². The van der Waals surface area contributed by atoms with Crippen LogP contribution in [0.2, 0.25) is 0 Å². The SMILES string of the molecule is O=C1CC=C(C(=O)O)N1. The second-order valence-electron chi connectivity index (χ2n) is 1.68. The van der Waals surface area contributed by atoms with Crippen molar-refractivity contribution in [3.8, 4) is 0 Å². The number of aliphatic carboxylic acids is 1. The number of nitrogens with one attached hydrogen (secondary N) is 1.